The molecule has 2 atom stereocenters. The number of halogens is 1. The number of piperidine rings is 1. The van der Waals surface area contributed by atoms with E-state index in [1.165, 1.54) is 17.9 Å². The van der Waals surface area contributed by atoms with E-state index in [2.05, 4.69) is 22.2 Å². The molecule has 0 saturated carbocycles. The van der Waals surface area contributed by atoms with E-state index in [9.17, 15) is 18.8 Å². The molecular weight excluding hydrogens is 591 g/mol. The zero-order valence-electron chi connectivity index (χ0n) is 25.1. The summed E-state index contributed by atoms with van der Waals surface area (Å²) < 4.78 is 26.6. The van der Waals surface area contributed by atoms with Crippen LogP contribution in [-0.4, -0.2) is 113 Å². The summed E-state index contributed by atoms with van der Waals surface area (Å²) in [6, 6.07) is 6.00. The predicted octanol–water partition coefficient (Wildman–Crippen LogP) is 1.80. The molecular formula is C30H43FN6O8. The third-order valence-electron chi connectivity index (χ3n) is 6.76. The fourth-order valence-electron chi connectivity index (χ4n) is 4.86. The number of para-hydroxylation sites is 1. The van der Waals surface area contributed by atoms with Crippen LogP contribution in [0.3, 0.4) is 0 Å². The van der Waals surface area contributed by atoms with Crippen LogP contribution in [0.4, 0.5) is 4.39 Å². The van der Waals surface area contributed by atoms with Crippen molar-refractivity contribution in [2.75, 3.05) is 53.0 Å². The summed E-state index contributed by atoms with van der Waals surface area (Å²) in [6.45, 7) is 11.0. The van der Waals surface area contributed by atoms with Gasteiger partial charge in [-0.1, -0.05) is 45.2 Å². The Balaban J connectivity index is 0.00000101. The number of benzene rings is 1. The largest absolute Gasteiger partial charge is 0.478 e. The fraction of sp³-hybridized carbons (Fsp3) is 0.533. The lowest BCUT2D eigenvalue weighted by Gasteiger charge is -2.40. The highest BCUT2D eigenvalue weighted by molar-refractivity contribution is 5.93. The molecule has 2 amide bonds. The summed E-state index contributed by atoms with van der Waals surface area (Å²) >= 11 is 0. The number of nitrogens with one attached hydrogen (secondary N) is 1. The van der Waals surface area contributed by atoms with Gasteiger partial charge in [0.1, 0.15) is 17.2 Å². The Labute approximate surface area is 262 Å². The quantitative estimate of drug-likeness (QED) is 0.385. The number of carboxylic acids is 1. The Morgan fingerprint density at radius 3 is 2.42 bits per heavy atom. The van der Waals surface area contributed by atoms with E-state index < -0.39 is 11.8 Å². The van der Waals surface area contributed by atoms with Crippen LogP contribution >= 0.6 is 0 Å². The van der Waals surface area contributed by atoms with Crippen LogP contribution in [0, 0.1) is 17.7 Å². The highest BCUT2D eigenvalue weighted by Crippen LogP contribution is 2.24. The molecule has 2 fully saturated rings. The first-order valence-corrected chi connectivity index (χ1v) is 14.0. The van der Waals surface area contributed by atoms with E-state index in [1.54, 1.807) is 23.1 Å². The maximum Gasteiger partial charge on any atom is 0.373 e. The number of aliphatic carboxylic acids is 1. The smallest absolute Gasteiger partial charge is 0.373 e. The highest BCUT2D eigenvalue weighted by atomic mass is 19.1. The summed E-state index contributed by atoms with van der Waals surface area (Å²) in [5.74, 6) is -1.69. The lowest BCUT2D eigenvalue weighted by molar-refractivity contribution is -0.191. The van der Waals surface area contributed by atoms with E-state index in [-0.39, 0.29) is 61.3 Å². The van der Waals surface area contributed by atoms with Gasteiger partial charge in [-0.15, -0.1) is 5.10 Å². The number of methoxy groups -OCH3 is 1. The van der Waals surface area contributed by atoms with Crippen molar-refractivity contribution in [3.63, 3.8) is 0 Å². The van der Waals surface area contributed by atoms with Crippen LogP contribution in [-0.2, 0) is 35.3 Å². The highest BCUT2D eigenvalue weighted by Gasteiger charge is 2.37. The zero-order chi connectivity index (χ0) is 32.6. The minimum Gasteiger partial charge on any atom is -0.478 e. The van der Waals surface area contributed by atoms with Crippen LogP contribution < -0.4 is 5.32 Å². The van der Waals surface area contributed by atoms with Gasteiger partial charge in [-0.3, -0.25) is 9.59 Å². The van der Waals surface area contributed by atoms with Gasteiger partial charge in [0.2, 0.25) is 5.91 Å². The number of hydrogen-bond acceptors (Lipinski definition) is 10. The third kappa shape index (κ3) is 11.3. The van der Waals surface area contributed by atoms with E-state index in [0.717, 1.165) is 6.08 Å². The topological polar surface area (TPSA) is 173 Å². The first-order valence-electron chi connectivity index (χ1n) is 14.0. The number of hydrogen-bond donors (Lipinski definition) is 2. The van der Waals surface area contributed by atoms with Crippen molar-refractivity contribution in [2.45, 2.75) is 40.3 Å². The minimum atomic E-state index is -0.981. The number of rotatable bonds is 9. The molecule has 1 aromatic heterocycles. The van der Waals surface area contributed by atoms with Gasteiger partial charge in [0.05, 0.1) is 25.7 Å². The predicted molar refractivity (Wildman–Crippen MR) is 160 cm³/mol. The molecule has 2 saturated heterocycles. The number of nitrogens with zero attached hydrogens (tertiary/aromatic N) is 5. The summed E-state index contributed by atoms with van der Waals surface area (Å²) in [4.78, 5) is 56.2. The van der Waals surface area contributed by atoms with Crippen molar-refractivity contribution in [1.82, 2.24) is 30.1 Å². The summed E-state index contributed by atoms with van der Waals surface area (Å²) in [6.07, 6.45) is 1.64. The van der Waals surface area contributed by atoms with Crippen molar-refractivity contribution < 1.29 is 42.9 Å². The van der Waals surface area contributed by atoms with E-state index >= 15 is 0 Å². The number of ether oxygens (including phenoxy) is 2. The molecule has 0 aliphatic carbocycles. The number of carbonyl (C=O) groups is 3. The zero-order valence-corrected chi connectivity index (χ0v) is 25.1. The molecule has 248 valence electrons. The second kappa shape index (κ2) is 19.9. The standard InChI is InChI=1S/C25H35FN6O4.C3H4O2.CO2.CH4/c1-17(2)15-31(19-12-18(13-27-14-19)24(33)30-8-10-36-11-9-30)25(34)23-22(16-35-3)32(29-28-23)21-7-5-4-6-20(21)26;1-2-3(4)5;2-1-3;/h4-7,17-19,27H,8-16H2,1-3H3;2H,1H2,(H,4,5);;1H4/t18-,19+;;;/m1.../s1. The molecule has 0 bridgehead atoms. The van der Waals surface area contributed by atoms with Gasteiger partial charge in [0.25, 0.3) is 5.91 Å². The Morgan fingerprint density at radius 2 is 1.87 bits per heavy atom. The molecule has 4 rings (SSSR count). The monoisotopic (exact) mass is 634 g/mol. The Kier molecular flexibility index (Phi) is 17.1. The van der Waals surface area contributed by atoms with Gasteiger partial charge >= 0.3 is 12.1 Å². The first-order chi connectivity index (χ1) is 21.1. The molecule has 2 aliphatic rings. The fourth-order valence-corrected chi connectivity index (χ4v) is 4.86. The van der Waals surface area contributed by atoms with Crippen LogP contribution in [0.25, 0.3) is 5.69 Å². The number of carboxylic acid groups (broad SMARTS) is 1. The van der Waals surface area contributed by atoms with Crippen molar-refractivity contribution in [3.05, 3.63) is 54.1 Å². The second-order valence-corrected chi connectivity index (χ2v) is 10.3. The van der Waals surface area contributed by atoms with Crippen molar-refractivity contribution in [3.8, 4) is 5.69 Å². The molecule has 3 heterocycles. The second-order valence-electron chi connectivity index (χ2n) is 10.3. The Morgan fingerprint density at radius 1 is 1.24 bits per heavy atom. The molecule has 0 unspecified atom stereocenters. The number of morpholine rings is 1. The molecule has 2 aliphatic heterocycles. The van der Waals surface area contributed by atoms with Crippen LogP contribution in [0.5, 0.6) is 0 Å². The summed E-state index contributed by atoms with van der Waals surface area (Å²) in [5, 5.41) is 19.2. The van der Waals surface area contributed by atoms with Gasteiger partial charge in [0.15, 0.2) is 5.69 Å². The summed E-state index contributed by atoms with van der Waals surface area (Å²) in [5.41, 5.74) is 0.704. The molecule has 2 aromatic rings. The maximum atomic E-state index is 14.5. The molecule has 14 nitrogen and oxygen atoms in total. The Hall–Kier alpha value is -4.30. The molecule has 2 N–H and O–H groups in total. The van der Waals surface area contributed by atoms with Crippen LogP contribution in [0.1, 0.15) is 43.9 Å². The van der Waals surface area contributed by atoms with E-state index in [1.807, 2.05) is 18.7 Å². The maximum absolute atomic E-state index is 14.5. The lowest BCUT2D eigenvalue weighted by atomic mass is 9.92. The molecule has 15 heteroatoms. The molecule has 0 radical (unpaired) electrons. The van der Waals surface area contributed by atoms with Gasteiger partial charge in [0, 0.05) is 52.0 Å². The average Bonchev–Trinajstić information content (AvgIpc) is 3.44. The minimum absolute atomic E-state index is 0. The SMILES string of the molecule is C.C=CC(=O)O.COCc1c(C(=O)N(CC(C)C)[C@@H]2CNC[C@H](C(=O)N3CCOCC3)C2)nnn1-c1ccccc1F.O=C=O. The number of aromatic nitrogens is 3. The van der Waals surface area contributed by atoms with Gasteiger partial charge in [-0.2, -0.15) is 9.59 Å². The lowest BCUT2D eigenvalue weighted by Crippen LogP contribution is -2.56. The van der Waals surface area contributed by atoms with Crippen LogP contribution in [0.15, 0.2) is 36.9 Å². The third-order valence-corrected chi connectivity index (χ3v) is 6.76. The molecule has 1 aromatic carbocycles. The van der Waals surface area contributed by atoms with Gasteiger partial charge < -0.3 is 29.7 Å². The normalized spacial score (nSPS) is 17.3. The van der Waals surface area contributed by atoms with Gasteiger partial charge in [-0.05, 0) is 24.5 Å². The average molecular weight is 635 g/mol. The molecule has 0 spiro atoms. The van der Waals surface area contributed by atoms with Crippen molar-refractivity contribution in [1.29, 1.82) is 0 Å². The van der Waals surface area contributed by atoms with Gasteiger partial charge in [-0.25, -0.2) is 13.9 Å². The number of amides is 2. The first kappa shape index (κ1) is 38.7. The number of carbonyl (C=O) groups excluding carboxylic acids is 4. The van der Waals surface area contributed by atoms with E-state index in [4.69, 9.17) is 24.2 Å². The van der Waals surface area contributed by atoms with E-state index in [0.29, 0.717) is 58.1 Å². The summed E-state index contributed by atoms with van der Waals surface area (Å²) in [7, 11) is 1.51. The Bertz CT molecular complexity index is 1290. The van der Waals surface area contributed by atoms with Crippen molar-refractivity contribution >= 4 is 23.9 Å². The molecule has 45 heavy (non-hydrogen) atoms. The van der Waals surface area contributed by atoms with Crippen molar-refractivity contribution in [2.24, 2.45) is 11.8 Å². The van der Waals surface area contributed by atoms with Crippen LogP contribution in [0.2, 0.25) is 0 Å².